The van der Waals surface area contributed by atoms with E-state index in [-0.39, 0.29) is 0 Å². The zero-order chi connectivity index (χ0) is 18.9. The SMILES string of the molecule is CN=C(NCCc1ccco1)NCc1ccc(CN2CCC(C)CC2)cc1. The standard InChI is InChI=1S/C22H32N4O/c1-18-10-13-26(14-11-18)17-20-7-5-19(6-8-20)16-25-22(23-2)24-12-9-21-4-3-15-27-21/h3-8,15,18H,9-14,16-17H2,1-2H3,(H2,23,24,25). The molecule has 1 aromatic heterocycles. The maximum Gasteiger partial charge on any atom is 0.191 e. The van der Waals surface area contributed by atoms with E-state index in [0.29, 0.717) is 0 Å². The maximum absolute atomic E-state index is 5.35. The first-order valence-corrected chi connectivity index (χ1v) is 10.00. The van der Waals surface area contributed by atoms with E-state index in [9.17, 15) is 0 Å². The van der Waals surface area contributed by atoms with Crippen LogP contribution < -0.4 is 10.6 Å². The minimum atomic E-state index is 0.766. The molecule has 0 radical (unpaired) electrons. The third-order valence-electron chi connectivity index (χ3n) is 5.23. The first kappa shape index (κ1) is 19.5. The maximum atomic E-state index is 5.35. The molecule has 0 unspecified atom stereocenters. The number of furan rings is 1. The Balaban J connectivity index is 1.39. The predicted octanol–water partition coefficient (Wildman–Crippen LogP) is 3.42. The van der Waals surface area contributed by atoms with Crippen LogP contribution in [0.2, 0.25) is 0 Å². The van der Waals surface area contributed by atoms with Gasteiger partial charge in [-0.25, -0.2) is 0 Å². The van der Waals surface area contributed by atoms with E-state index in [2.05, 4.69) is 51.7 Å². The highest BCUT2D eigenvalue weighted by Gasteiger charge is 2.15. The second kappa shape index (κ2) is 10.2. The third-order valence-corrected chi connectivity index (χ3v) is 5.23. The summed E-state index contributed by atoms with van der Waals surface area (Å²) >= 11 is 0. The number of piperidine rings is 1. The van der Waals surface area contributed by atoms with Crippen LogP contribution in [0.25, 0.3) is 0 Å². The van der Waals surface area contributed by atoms with Gasteiger partial charge in [-0.3, -0.25) is 9.89 Å². The van der Waals surface area contributed by atoms with Crippen LogP contribution in [0.4, 0.5) is 0 Å². The van der Waals surface area contributed by atoms with Crippen molar-refractivity contribution >= 4 is 5.96 Å². The second-order valence-corrected chi connectivity index (χ2v) is 7.46. The Morgan fingerprint density at radius 2 is 1.85 bits per heavy atom. The van der Waals surface area contributed by atoms with Crippen molar-refractivity contribution in [1.82, 2.24) is 15.5 Å². The third kappa shape index (κ3) is 6.43. The van der Waals surface area contributed by atoms with Gasteiger partial charge in [0.15, 0.2) is 5.96 Å². The van der Waals surface area contributed by atoms with Crippen LogP contribution in [0.1, 0.15) is 36.7 Å². The molecule has 5 heteroatoms. The number of rotatable bonds is 7. The van der Waals surface area contributed by atoms with Crippen LogP contribution in [0.5, 0.6) is 0 Å². The fourth-order valence-corrected chi connectivity index (χ4v) is 3.41. The summed E-state index contributed by atoms with van der Waals surface area (Å²) in [5, 5.41) is 6.69. The predicted molar refractivity (Wildman–Crippen MR) is 111 cm³/mol. The van der Waals surface area contributed by atoms with Crippen molar-refractivity contribution in [3.05, 3.63) is 59.5 Å². The highest BCUT2D eigenvalue weighted by Crippen LogP contribution is 2.18. The van der Waals surface area contributed by atoms with Crippen LogP contribution in [0, 0.1) is 5.92 Å². The zero-order valence-corrected chi connectivity index (χ0v) is 16.6. The molecule has 146 valence electrons. The first-order valence-electron chi connectivity index (χ1n) is 10.00. The number of guanidine groups is 1. The minimum absolute atomic E-state index is 0.766. The molecule has 0 amide bonds. The monoisotopic (exact) mass is 368 g/mol. The molecule has 0 bridgehead atoms. The van der Waals surface area contributed by atoms with E-state index in [1.165, 1.54) is 37.1 Å². The van der Waals surface area contributed by atoms with Crippen molar-refractivity contribution in [3.8, 4) is 0 Å². The summed E-state index contributed by atoms with van der Waals surface area (Å²) in [4.78, 5) is 6.85. The van der Waals surface area contributed by atoms with Crippen molar-refractivity contribution in [3.63, 3.8) is 0 Å². The Labute approximate surface area is 162 Å². The molecular formula is C22H32N4O. The van der Waals surface area contributed by atoms with Gasteiger partial charge in [-0.05, 0) is 55.1 Å². The molecule has 1 aliphatic rings. The molecule has 2 N–H and O–H groups in total. The highest BCUT2D eigenvalue weighted by atomic mass is 16.3. The Morgan fingerprint density at radius 1 is 1.11 bits per heavy atom. The number of aliphatic imine (C=N–C) groups is 1. The van der Waals surface area contributed by atoms with Gasteiger partial charge in [-0.1, -0.05) is 31.2 Å². The van der Waals surface area contributed by atoms with Crippen LogP contribution in [0.3, 0.4) is 0 Å². The van der Waals surface area contributed by atoms with Crippen LogP contribution in [-0.4, -0.2) is 37.5 Å². The largest absolute Gasteiger partial charge is 0.469 e. The van der Waals surface area contributed by atoms with Crippen LogP contribution >= 0.6 is 0 Å². The number of hydrogen-bond acceptors (Lipinski definition) is 3. The van der Waals surface area contributed by atoms with E-state index in [1.54, 1.807) is 13.3 Å². The second-order valence-electron chi connectivity index (χ2n) is 7.46. The Morgan fingerprint density at radius 3 is 2.52 bits per heavy atom. The molecule has 0 saturated carbocycles. The van der Waals surface area contributed by atoms with Crippen molar-refractivity contribution in [2.45, 2.75) is 39.3 Å². The van der Waals surface area contributed by atoms with Gasteiger partial charge >= 0.3 is 0 Å². The lowest BCUT2D eigenvalue weighted by Crippen LogP contribution is -2.37. The van der Waals surface area contributed by atoms with Gasteiger partial charge < -0.3 is 15.1 Å². The summed E-state index contributed by atoms with van der Waals surface area (Å²) in [6.45, 7) is 7.44. The summed E-state index contributed by atoms with van der Waals surface area (Å²) in [5.41, 5.74) is 2.66. The Hall–Kier alpha value is -2.27. The average molecular weight is 369 g/mol. The number of hydrogen-bond donors (Lipinski definition) is 2. The molecular weight excluding hydrogens is 336 g/mol. The summed E-state index contributed by atoms with van der Waals surface area (Å²) in [6, 6.07) is 12.8. The highest BCUT2D eigenvalue weighted by molar-refractivity contribution is 5.79. The molecule has 27 heavy (non-hydrogen) atoms. The van der Waals surface area contributed by atoms with E-state index in [1.807, 2.05) is 12.1 Å². The van der Waals surface area contributed by atoms with E-state index >= 15 is 0 Å². The first-order chi connectivity index (χ1) is 13.2. The number of likely N-dealkylation sites (tertiary alicyclic amines) is 1. The lowest BCUT2D eigenvalue weighted by atomic mass is 9.99. The fourth-order valence-electron chi connectivity index (χ4n) is 3.41. The quantitative estimate of drug-likeness (QED) is 0.581. The molecule has 1 aromatic carbocycles. The molecule has 0 atom stereocenters. The molecule has 0 spiro atoms. The molecule has 1 aliphatic heterocycles. The van der Waals surface area contributed by atoms with Gasteiger partial charge in [0.25, 0.3) is 0 Å². The van der Waals surface area contributed by atoms with Crippen LogP contribution in [0.15, 0.2) is 52.1 Å². The molecule has 1 fully saturated rings. The normalized spacial score (nSPS) is 16.4. The molecule has 2 heterocycles. The topological polar surface area (TPSA) is 52.8 Å². The van der Waals surface area contributed by atoms with E-state index in [0.717, 1.165) is 43.7 Å². The van der Waals surface area contributed by atoms with Crippen molar-refractivity contribution in [1.29, 1.82) is 0 Å². The van der Waals surface area contributed by atoms with Crippen LogP contribution in [-0.2, 0) is 19.5 Å². The van der Waals surface area contributed by atoms with Gasteiger partial charge in [0.2, 0.25) is 0 Å². The fraction of sp³-hybridized carbons (Fsp3) is 0.500. The van der Waals surface area contributed by atoms with E-state index < -0.39 is 0 Å². The smallest absolute Gasteiger partial charge is 0.191 e. The summed E-state index contributed by atoms with van der Waals surface area (Å²) in [5.74, 6) is 2.68. The number of benzene rings is 1. The van der Waals surface area contributed by atoms with Gasteiger partial charge in [0.05, 0.1) is 6.26 Å². The minimum Gasteiger partial charge on any atom is -0.469 e. The molecule has 3 rings (SSSR count). The lowest BCUT2D eigenvalue weighted by Gasteiger charge is -2.30. The van der Waals surface area contributed by atoms with Crippen molar-refractivity contribution in [2.24, 2.45) is 10.9 Å². The number of nitrogens with zero attached hydrogens (tertiary/aromatic N) is 2. The van der Waals surface area contributed by atoms with Gasteiger partial charge in [-0.2, -0.15) is 0 Å². The Bertz CT molecular complexity index is 686. The summed E-state index contributed by atoms with van der Waals surface area (Å²) in [6.07, 6.45) is 5.21. The molecule has 2 aromatic rings. The summed E-state index contributed by atoms with van der Waals surface area (Å²) < 4.78 is 5.35. The summed E-state index contributed by atoms with van der Waals surface area (Å²) in [7, 11) is 1.80. The Kier molecular flexibility index (Phi) is 7.34. The molecule has 5 nitrogen and oxygen atoms in total. The lowest BCUT2D eigenvalue weighted by molar-refractivity contribution is 0.185. The average Bonchev–Trinajstić information content (AvgIpc) is 3.21. The van der Waals surface area contributed by atoms with Gasteiger partial charge in [0.1, 0.15) is 5.76 Å². The number of nitrogens with one attached hydrogen (secondary N) is 2. The van der Waals surface area contributed by atoms with Gasteiger partial charge in [0, 0.05) is 33.1 Å². The van der Waals surface area contributed by atoms with Crippen molar-refractivity contribution < 1.29 is 4.42 Å². The molecule has 0 aliphatic carbocycles. The zero-order valence-electron chi connectivity index (χ0n) is 16.6. The van der Waals surface area contributed by atoms with Crippen molar-refractivity contribution in [2.75, 3.05) is 26.7 Å². The molecule has 1 saturated heterocycles. The van der Waals surface area contributed by atoms with E-state index in [4.69, 9.17) is 4.42 Å². The van der Waals surface area contributed by atoms with Gasteiger partial charge in [-0.15, -0.1) is 0 Å².